The molecule has 1 aromatic rings. The molecule has 3 aliphatic carbocycles. The van der Waals surface area contributed by atoms with E-state index >= 15 is 0 Å². The van der Waals surface area contributed by atoms with Gasteiger partial charge in [-0.2, -0.15) is 0 Å². The van der Waals surface area contributed by atoms with Crippen LogP contribution in [0.2, 0.25) is 5.02 Å². The minimum Gasteiger partial charge on any atom is -0.484 e. The number of nitrogens with one attached hydrogen (secondary N) is 4. The third-order valence-electron chi connectivity index (χ3n) is 9.15. The number of ether oxygens (including phenoxy) is 1. The van der Waals surface area contributed by atoms with Crippen LogP contribution in [0.5, 0.6) is 5.75 Å². The van der Waals surface area contributed by atoms with Gasteiger partial charge in [0.05, 0.1) is 17.1 Å². The van der Waals surface area contributed by atoms with Crippen LogP contribution in [0.1, 0.15) is 78.1 Å². The van der Waals surface area contributed by atoms with Gasteiger partial charge in [0.15, 0.2) is 6.61 Å². The lowest BCUT2D eigenvalue weighted by Gasteiger charge is -2.70. The molecule has 4 unspecified atom stereocenters. The third-order valence-corrected chi connectivity index (χ3v) is 9.46. The van der Waals surface area contributed by atoms with Crippen LogP contribution in [0.4, 0.5) is 4.39 Å². The number of hydrogen-bond donors (Lipinski definition) is 4. The number of rotatable bonds is 12. The molecule has 3 saturated carbocycles. The fraction of sp³-hybridized carbons (Fsp3) is 0.724. The van der Waals surface area contributed by atoms with Crippen LogP contribution in [0, 0.1) is 17.7 Å². The minimum absolute atomic E-state index is 0.00394. The Morgan fingerprint density at radius 3 is 2.67 bits per heavy atom. The van der Waals surface area contributed by atoms with Crippen molar-refractivity contribution in [2.24, 2.45) is 11.8 Å². The van der Waals surface area contributed by atoms with Gasteiger partial charge >= 0.3 is 0 Å². The molecule has 2 saturated heterocycles. The highest BCUT2D eigenvalue weighted by molar-refractivity contribution is 6.30. The summed E-state index contributed by atoms with van der Waals surface area (Å²) < 4.78 is 19.0. The van der Waals surface area contributed by atoms with Crippen molar-refractivity contribution in [1.29, 1.82) is 0 Å². The molecule has 0 spiro atoms. The molecule has 4 N–H and O–H groups in total. The summed E-state index contributed by atoms with van der Waals surface area (Å²) in [4.78, 5) is 26.0. The molecule has 6 rings (SSSR count). The van der Waals surface area contributed by atoms with Gasteiger partial charge in [0.2, 0.25) is 5.91 Å². The number of hydrazine groups is 1. The first-order chi connectivity index (χ1) is 18.7. The lowest BCUT2D eigenvalue weighted by molar-refractivity contribution is -0.155. The Morgan fingerprint density at radius 1 is 1.21 bits per heavy atom. The number of carbonyl (C=O) groups excluding carboxylic acids is 2. The number of amides is 2. The monoisotopic (exact) mass is 563 g/mol. The molecule has 8 nitrogen and oxygen atoms in total. The predicted molar refractivity (Wildman–Crippen MR) is 149 cm³/mol. The normalized spacial score (nSPS) is 32.6. The molecule has 1 aromatic carbocycles. The van der Waals surface area contributed by atoms with E-state index in [4.69, 9.17) is 16.3 Å². The maximum atomic E-state index is 13.6. The molecule has 4 atom stereocenters. The van der Waals surface area contributed by atoms with Crippen LogP contribution in [0.15, 0.2) is 18.2 Å². The molecule has 216 valence electrons. The first-order valence-electron chi connectivity index (χ1n) is 14.7. The van der Waals surface area contributed by atoms with Crippen molar-refractivity contribution in [1.82, 2.24) is 26.4 Å². The Labute approximate surface area is 236 Å². The lowest BCUT2D eigenvalue weighted by atomic mass is 9.44. The number of benzene rings is 1. The summed E-state index contributed by atoms with van der Waals surface area (Å²) in [6.07, 6.45) is 10.2. The molecular formula is C29H43ClFN5O3. The Bertz CT molecular complexity index is 1030. The molecule has 5 fully saturated rings. The summed E-state index contributed by atoms with van der Waals surface area (Å²) >= 11 is 5.69. The fourth-order valence-corrected chi connectivity index (χ4v) is 7.24. The van der Waals surface area contributed by atoms with Gasteiger partial charge < -0.3 is 15.4 Å². The van der Waals surface area contributed by atoms with Crippen molar-refractivity contribution in [3.63, 3.8) is 0 Å². The standard InChI is InChI=1S/C29H43ClFN5O3/c1-3-4-5-7-19(2)24-11-9-21(26(33-24)36-13-6-12-32-36)27(38)35-29-16-28(17-29,18-29)34-25(37)15-39-20-8-10-22(30)23(31)14-20/h8,10,14,19,21,24,26,32-33H,3-7,9,11-13,15-18H2,1-2H3,(H,34,37)(H,35,38). The van der Waals surface area contributed by atoms with Crippen molar-refractivity contribution < 1.29 is 18.7 Å². The van der Waals surface area contributed by atoms with E-state index in [-0.39, 0.29) is 52.4 Å². The Balaban J connectivity index is 1.10. The van der Waals surface area contributed by atoms with E-state index in [2.05, 4.69) is 40.2 Å². The Hall–Kier alpha value is -1.94. The summed E-state index contributed by atoms with van der Waals surface area (Å²) in [7, 11) is 0. The van der Waals surface area contributed by atoms with Gasteiger partial charge in [-0.15, -0.1) is 0 Å². The van der Waals surface area contributed by atoms with Gasteiger partial charge in [0.25, 0.3) is 5.91 Å². The summed E-state index contributed by atoms with van der Waals surface area (Å²) in [5.41, 5.74) is 2.98. The molecule has 2 aliphatic heterocycles. The average molecular weight is 564 g/mol. The highest BCUT2D eigenvalue weighted by atomic mass is 35.5. The first kappa shape index (κ1) is 28.6. The van der Waals surface area contributed by atoms with Gasteiger partial charge in [-0.1, -0.05) is 44.7 Å². The number of piperidine rings is 1. The van der Waals surface area contributed by atoms with E-state index in [1.165, 1.54) is 43.9 Å². The zero-order valence-corrected chi connectivity index (χ0v) is 23.9. The predicted octanol–water partition coefficient (Wildman–Crippen LogP) is 3.89. The topological polar surface area (TPSA) is 94.7 Å². The van der Waals surface area contributed by atoms with Crippen LogP contribution >= 0.6 is 11.6 Å². The lowest BCUT2D eigenvalue weighted by Crippen LogP contribution is -2.84. The quantitative estimate of drug-likeness (QED) is 0.288. The zero-order chi connectivity index (χ0) is 27.6. The maximum Gasteiger partial charge on any atom is 0.258 e. The molecule has 2 heterocycles. The van der Waals surface area contributed by atoms with Crippen molar-refractivity contribution in [3.05, 3.63) is 29.0 Å². The van der Waals surface area contributed by atoms with E-state index in [0.29, 0.717) is 12.0 Å². The molecular weight excluding hydrogens is 521 g/mol. The second-order valence-corrected chi connectivity index (χ2v) is 12.7. The van der Waals surface area contributed by atoms with Crippen LogP contribution in [0.3, 0.4) is 0 Å². The van der Waals surface area contributed by atoms with E-state index in [1.54, 1.807) is 0 Å². The zero-order valence-electron chi connectivity index (χ0n) is 23.2. The van der Waals surface area contributed by atoms with Gasteiger partial charge in [0, 0.05) is 36.3 Å². The van der Waals surface area contributed by atoms with Crippen molar-refractivity contribution in [2.45, 2.75) is 101 Å². The molecule has 0 aromatic heterocycles. The maximum absolute atomic E-state index is 13.6. The van der Waals surface area contributed by atoms with Crippen molar-refractivity contribution >= 4 is 23.4 Å². The average Bonchev–Trinajstić information content (AvgIpc) is 3.42. The van der Waals surface area contributed by atoms with Crippen LogP contribution < -0.4 is 26.1 Å². The van der Waals surface area contributed by atoms with E-state index in [9.17, 15) is 14.0 Å². The largest absolute Gasteiger partial charge is 0.484 e. The highest BCUT2D eigenvalue weighted by Gasteiger charge is 2.69. The minimum atomic E-state index is -0.584. The van der Waals surface area contributed by atoms with E-state index in [0.717, 1.165) is 51.6 Å². The van der Waals surface area contributed by atoms with Gasteiger partial charge in [-0.3, -0.25) is 20.3 Å². The molecule has 39 heavy (non-hydrogen) atoms. The fourth-order valence-electron chi connectivity index (χ4n) is 7.13. The summed E-state index contributed by atoms with van der Waals surface area (Å²) in [6, 6.07) is 4.53. The molecule has 0 radical (unpaired) electrons. The van der Waals surface area contributed by atoms with Crippen LogP contribution in [-0.2, 0) is 9.59 Å². The van der Waals surface area contributed by atoms with Crippen molar-refractivity contribution in [3.8, 4) is 5.75 Å². The van der Waals surface area contributed by atoms with E-state index < -0.39 is 5.82 Å². The second kappa shape index (κ2) is 11.9. The third kappa shape index (κ3) is 6.37. The summed E-state index contributed by atoms with van der Waals surface area (Å²) in [6.45, 7) is 6.29. The highest BCUT2D eigenvalue weighted by Crippen LogP contribution is 2.60. The molecule has 10 heteroatoms. The number of carbonyl (C=O) groups is 2. The molecule has 5 aliphatic rings. The van der Waals surface area contributed by atoms with Crippen LogP contribution in [-0.4, -0.2) is 59.8 Å². The van der Waals surface area contributed by atoms with Gasteiger partial charge in [-0.05, 0) is 63.0 Å². The number of halogens is 2. The number of unbranched alkanes of at least 4 members (excludes halogenated alkanes) is 2. The molecule has 2 amide bonds. The summed E-state index contributed by atoms with van der Waals surface area (Å²) in [5.74, 6) is 0.0253. The van der Waals surface area contributed by atoms with E-state index in [1.807, 2.05) is 0 Å². The number of nitrogens with zero attached hydrogens (tertiary/aromatic N) is 1. The smallest absolute Gasteiger partial charge is 0.258 e. The second-order valence-electron chi connectivity index (χ2n) is 12.3. The van der Waals surface area contributed by atoms with Crippen molar-refractivity contribution in [2.75, 3.05) is 19.7 Å². The molecule has 2 bridgehead atoms. The van der Waals surface area contributed by atoms with Gasteiger partial charge in [-0.25, -0.2) is 9.40 Å². The first-order valence-corrected chi connectivity index (χ1v) is 15.1. The number of hydrogen-bond acceptors (Lipinski definition) is 6. The summed E-state index contributed by atoms with van der Waals surface area (Å²) in [5, 5.41) is 12.5. The van der Waals surface area contributed by atoms with Gasteiger partial charge in [0.1, 0.15) is 11.6 Å². The Kier molecular flexibility index (Phi) is 8.71. The Morgan fingerprint density at radius 2 is 1.97 bits per heavy atom. The van der Waals surface area contributed by atoms with Crippen LogP contribution in [0.25, 0.3) is 0 Å². The SMILES string of the molecule is CCCCCC(C)C1CCC(C(=O)NC23CC(NC(=O)COc4ccc(Cl)c(F)c4)(C2)C3)C(N2CCCN2)N1.